The third kappa shape index (κ3) is 2.38. The summed E-state index contributed by atoms with van der Waals surface area (Å²) in [6, 6.07) is 8.22. The SMILES string of the molecule is CCCn1c(CC2(O)CCNC2)nc2ccccc21. The van der Waals surface area contributed by atoms with Crippen LogP contribution in [-0.4, -0.2) is 33.3 Å². The van der Waals surface area contributed by atoms with Crippen molar-refractivity contribution < 1.29 is 5.11 Å². The van der Waals surface area contributed by atoms with Gasteiger partial charge in [0.25, 0.3) is 0 Å². The average Bonchev–Trinajstić information content (AvgIpc) is 2.96. The van der Waals surface area contributed by atoms with Gasteiger partial charge in [0, 0.05) is 19.5 Å². The Labute approximate surface area is 113 Å². The van der Waals surface area contributed by atoms with Crippen LogP contribution in [0, 0.1) is 0 Å². The van der Waals surface area contributed by atoms with E-state index < -0.39 is 5.60 Å². The van der Waals surface area contributed by atoms with Gasteiger partial charge in [-0.3, -0.25) is 0 Å². The molecule has 1 atom stereocenters. The molecule has 2 aromatic rings. The summed E-state index contributed by atoms with van der Waals surface area (Å²) in [5.74, 6) is 1.01. The number of rotatable bonds is 4. The number of hydrogen-bond acceptors (Lipinski definition) is 3. The Morgan fingerprint density at radius 1 is 1.42 bits per heavy atom. The molecule has 3 rings (SSSR count). The molecule has 1 aromatic heterocycles. The molecule has 0 spiro atoms. The van der Waals surface area contributed by atoms with Crippen LogP contribution in [0.4, 0.5) is 0 Å². The molecule has 0 radical (unpaired) electrons. The van der Waals surface area contributed by atoms with Gasteiger partial charge in [0.1, 0.15) is 5.82 Å². The molecule has 1 aromatic carbocycles. The maximum absolute atomic E-state index is 10.5. The Bertz CT molecular complexity index is 570. The van der Waals surface area contributed by atoms with Crippen molar-refractivity contribution in [2.45, 2.75) is 38.3 Å². The molecule has 4 nitrogen and oxygen atoms in total. The molecule has 19 heavy (non-hydrogen) atoms. The first kappa shape index (κ1) is 12.6. The minimum atomic E-state index is -0.632. The predicted octanol–water partition coefficient (Wildman–Crippen LogP) is 1.71. The van der Waals surface area contributed by atoms with Gasteiger partial charge in [0.15, 0.2) is 0 Å². The summed E-state index contributed by atoms with van der Waals surface area (Å²) in [6.07, 6.45) is 2.51. The highest BCUT2D eigenvalue weighted by Gasteiger charge is 2.33. The molecular formula is C15H21N3O. The Balaban J connectivity index is 1.99. The van der Waals surface area contributed by atoms with Crippen LogP contribution >= 0.6 is 0 Å². The molecule has 1 unspecified atom stereocenters. The monoisotopic (exact) mass is 259 g/mol. The fourth-order valence-electron chi connectivity index (χ4n) is 2.91. The fraction of sp³-hybridized carbons (Fsp3) is 0.533. The number of aromatic nitrogens is 2. The number of benzene rings is 1. The van der Waals surface area contributed by atoms with Crippen LogP contribution in [0.2, 0.25) is 0 Å². The second-order valence-electron chi connectivity index (χ2n) is 5.50. The van der Waals surface area contributed by atoms with Crippen molar-refractivity contribution in [3.8, 4) is 0 Å². The molecule has 1 aliphatic heterocycles. The number of fused-ring (bicyclic) bond motifs is 1. The zero-order chi connectivity index (χ0) is 13.3. The summed E-state index contributed by atoms with van der Waals surface area (Å²) in [5, 5.41) is 13.8. The molecule has 1 saturated heterocycles. The first-order valence-electron chi connectivity index (χ1n) is 7.09. The van der Waals surface area contributed by atoms with Crippen LogP contribution in [0.25, 0.3) is 11.0 Å². The molecule has 1 fully saturated rings. The van der Waals surface area contributed by atoms with Crippen molar-refractivity contribution in [2.75, 3.05) is 13.1 Å². The van der Waals surface area contributed by atoms with Crippen molar-refractivity contribution in [2.24, 2.45) is 0 Å². The summed E-state index contributed by atoms with van der Waals surface area (Å²) in [5.41, 5.74) is 1.57. The van der Waals surface area contributed by atoms with Crippen LogP contribution < -0.4 is 5.32 Å². The Kier molecular flexibility index (Phi) is 3.29. The lowest BCUT2D eigenvalue weighted by molar-refractivity contribution is 0.0590. The van der Waals surface area contributed by atoms with Gasteiger partial charge >= 0.3 is 0 Å². The van der Waals surface area contributed by atoms with E-state index in [1.54, 1.807) is 0 Å². The van der Waals surface area contributed by atoms with Crippen molar-refractivity contribution >= 4 is 11.0 Å². The number of β-amino-alcohol motifs (C(OH)–C–C–N with tert-alkyl or cyclic N) is 1. The van der Waals surface area contributed by atoms with Crippen molar-refractivity contribution in [1.82, 2.24) is 14.9 Å². The fourth-order valence-corrected chi connectivity index (χ4v) is 2.91. The minimum absolute atomic E-state index is 0.632. The van der Waals surface area contributed by atoms with Crippen LogP contribution in [0.15, 0.2) is 24.3 Å². The summed E-state index contributed by atoms with van der Waals surface area (Å²) >= 11 is 0. The normalized spacial score (nSPS) is 23.3. The molecule has 2 N–H and O–H groups in total. The van der Waals surface area contributed by atoms with E-state index in [4.69, 9.17) is 4.98 Å². The van der Waals surface area contributed by atoms with E-state index in [0.29, 0.717) is 13.0 Å². The van der Waals surface area contributed by atoms with Gasteiger partial charge in [-0.25, -0.2) is 4.98 Å². The topological polar surface area (TPSA) is 50.1 Å². The molecule has 0 saturated carbocycles. The summed E-state index contributed by atoms with van der Waals surface area (Å²) < 4.78 is 2.26. The van der Waals surface area contributed by atoms with E-state index in [1.165, 1.54) is 5.52 Å². The largest absolute Gasteiger partial charge is 0.388 e. The number of hydrogen-bond donors (Lipinski definition) is 2. The second-order valence-corrected chi connectivity index (χ2v) is 5.50. The van der Waals surface area contributed by atoms with Crippen LogP contribution in [-0.2, 0) is 13.0 Å². The number of aryl methyl sites for hydroxylation is 1. The standard InChI is InChI=1S/C15H21N3O/c1-2-9-18-13-6-4-3-5-12(13)17-14(18)10-15(19)7-8-16-11-15/h3-6,16,19H,2,7-11H2,1H3. The van der Waals surface area contributed by atoms with Gasteiger partial charge in [-0.1, -0.05) is 19.1 Å². The second kappa shape index (κ2) is 4.94. The van der Waals surface area contributed by atoms with E-state index in [0.717, 1.165) is 37.3 Å². The summed E-state index contributed by atoms with van der Waals surface area (Å²) in [7, 11) is 0. The average molecular weight is 259 g/mol. The molecule has 0 bridgehead atoms. The Hall–Kier alpha value is -1.39. The van der Waals surface area contributed by atoms with Gasteiger partial charge < -0.3 is 15.0 Å². The van der Waals surface area contributed by atoms with Crippen LogP contribution in [0.5, 0.6) is 0 Å². The van der Waals surface area contributed by atoms with Gasteiger partial charge in [-0.2, -0.15) is 0 Å². The van der Waals surface area contributed by atoms with Gasteiger partial charge in [0.05, 0.1) is 16.6 Å². The molecular weight excluding hydrogens is 238 g/mol. The predicted molar refractivity (Wildman–Crippen MR) is 76.2 cm³/mol. The quantitative estimate of drug-likeness (QED) is 0.879. The maximum atomic E-state index is 10.5. The molecule has 0 aliphatic carbocycles. The lowest BCUT2D eigenvalue weighted by atomic mass is 9.98. The summed E-state index contributed by atoms with van der Waals surface area (Å²) in [6.45, 7) is 4.69. The molecule has 2 heterocycles. The molecule has 4 heteroatoms. The third-order valence-electron chi connectivity index (χ3n) is 3.89. The first-order chi connectivity index (χ1) is 9.22. The number of imidazole rings is 1. The zero-order valence-corrected chi connectivity index (χ0v) is 11.4. The van der Waals surface area contributed by atoms with Gasteiger partial charge in [-0.05, 0) is 31.5 Å². The number of aliphatic hydroxyl groups is 1. The molecule has 102 valence electrons. The van der Waals surface area contributed by atoms with E-state index in [2.05, 4.69) is 22.9 Å². The highest BCUT2D eigenvalue weighted by atomic mass is 16.3. The molecule has 1 aliphatic rings. The van der Waals surface area contributed by atoms with Crippen LogP contribution in [0.3, 0.4) is 0 Å². The third-order valence-corrected chi connectivity index (χ3v) is 3.89. The zero-order valence-electron chi connectivity index (χ0n) is 11.4. The Morgan fingerprint density at radius 3 is 3.00 bits per heavy atom. The lowest BCUT2D eigenvalue weighted by Gasteiger charge is -2.21. The number of para-hydroxylation sites is 2. The van der Waals surface area contributed by atoms with E-state index in [-0.39, 0.29) is 0 Å². The molecule has 0 amide bonds. The highest BCUT2D eigenvalue weighted by molar-refractivity contribution is 5.75. The number of nitrogens with one attached hydrogen (secondary N) is 1. The Morgan fingerprint density at radius 2 is 2.26 bits per heavy atom. The van der Waals surface area contributed by atoms with Crippen molar-refractivity contribution in [3.05, 3.63) is 30.1 Å². The minimum Gasteiger partial charge on any atom is -0.388 e. The van der Waals surface area contributed by atoms with E-state index in [1.807, 2.05) is 18.2 Å². The van der Waals surface area contributed by atoms with Crippen molar-refractivity contribution in [1.29, 1.82) is 0 Å². The van der Waals surface area contributed by atoms with E-state index >= 15 is 0 Å². The first-order valence-corrected chi connectivity index (χ1v) is 7.09. The highest BCUT2D eigenvalue weighted by Crippen LogP contribution is 2.23. The summed E-state index contributed by atoms with van der Waals surface area (Å²) in [4.78, 5) is 4.72. The van der Waals surface area contributed by atoms with E-state index in [9.17, 15) is 5.11 Å². The van der Waals surface area contributed by atoms with Crippen molar-refractivity contribution in [3.63, 3.8) is 0 Å². The maximum Gasteiger partial charge on any atom is 0.112 e. The number of nitrogens with zero attached hydrogens (tertiary/aromatic N) is 2. The lowest BCUT2D eigenvalue weighted by Crippen LogP contribution is -2.35. The smallest absolute Gasteiger partial charge is 0.112 e. The van der Waals surface area contributed by atoms with Crippen LogP contribution in [0.1, 0.15) is 25.6 Å². The van der Waals surface area contributed by atoms with Gasteiger partial charge in [0.2, 0.25) is 0 Å². The van der Waals surface area contributed by atoms with Gasteiger partial charge in [-0.15, -0.1) is 0 Å².